The second-order valence-corrected chi connectivity index (χ2v) is 6.58. The molecule has 1 aromatic heterocycles. The molecule has 2 fully saturated rings. The maximum atomic E-state index is 12.1. The number of rotatable bonds is 6. The summed E-state index contributed by atoms with van der Waals surface area (Å²) in [7, 11) is 0. The second-order valence-electron chi connectivity index (χ2n) is 6.58. The number of hydrogen-bond acceptors (Lipinski definition) is 5. The van der Waals surface area contributed by atoms with Crippen LogP contribution in [0.5, 0.6) is 5.75 Å². The molecule has 1 saturated carbocycles. The fraction of sp³-hybridized carbons (Fsp3) is 0.474. The molecule has 6 heteroatoms. The molecular weight excluding hydrogens is 320 g/mol. The number of ether oxygens (including phenoxy) is 2. The Bertz CT molecular complexity index is 715. The molecule has 2 aromatic rings. The Kier molecular flexibility index (Phi) is 4.70. The van der Waals surface area contributed by atoms with Crippen molar-refractivity contribution in [2.24, 2.45) is 5.92 Å². The maximum absolute atomic E-state index is 12.1. The molecule has 2 aliphatic rings. The molecule has 2 heterocycles. The zero-order valence-electron chi connectivity index (χ0n) is 14.1. The number of hydrogen-bond donors (Lipinski definition) is 0. The van der Waals surface area contributed by atoms with E-state index in [-0.39, 0.29) is 12.5 Å². The van der Waals surface area contributed by atoms with Crippen LogP contribution < -0.4 is 4.74 Å². The zero-order chi connectivity index (χ0) is 17.1. The molecule has 6 nitrogen and oxygen atoms in total. The minimum absolute atomic E-state index is 0.00525. The van der Waals surface area contributed by atoms with Gasteiger partial charge in [0.15, 0.2) is 18.8 Å². The predicted molar refractivity (Wildman–Crippen MR) is 91.3 cm³/mol. The normalized spacial score (nSPS) is 17.5. The van der Waals surface area contributed by atoms with Crippen LogP contribution in [0.2, 0.25) is 0 Å². The Morgan fingerprint density at radius 3 is 2.68 bits per heavy atom. The van der Waals surface area contributed by atoms with Crippen molar-refractivity contribution in [3.05, 3.63) is 36.4 Å². The third-order valence-corrected chi connectivity index (χ3v) is 4.66. The summed E-state index contributed by atoms with van der Waals surface area (Å²) in [6, 6.07) is 7.63. The lowest BCUT2D eigenvalue weighted by atomic mass is 10.1. The van der Waals surface area contributed by atoms with E-state index in [1.165, 1.54) is 19.2 Å². The van der Waals surface area contributed by atoms with Gasteiger partial charge in [-0.15, -0.1) is 0 Å². The lowest BCUT2D eigenvalue weighted by molar-refractivity contribution is -0.137. The van der Waals surface area contributed by atoms with Crippen LogP contribution in [0.4, 0.5) is 0 Å². The molecule has 0 N–H and O–H groups in total. The Balaban J connectivity index is 1.35. The van der Waals surface area contributed by atoms with Gasteiger partial charge in [-0.05, 0) is 49.4 Å². The third-order valence-electron chi connectivity index (χ3n) is 4.66. The zero-order valence-corrected chi connectivity index (χ0v) is 14.1. The highest BCUT2D eigenvalue weighted by Gasteiger charge is 2.25. The van der Waals surface area contributed by atoms with E-state index in [2.05, 4.69) is 4.98 Å². The summed E-state index contributed by atoms with van der Waals surface area (Å²) in [4.78, 5) is 18.2. The Labute approximate surface area is 146 Å². The van der Waals surface area contributed by atoms with Crippen LogP contribution in [-0.2, 0) is 16.0 Å². The van der Waals surface area contributed by atoms with Gasteiger partial charge in [0.05, 0.1) is 18.9 Å². The smallest absolute Gasteiger partial charge is 0.260 e. The molecule has 1 aliphatic carbocycles. The van der Waals surface area contributed by atoms with Gasteiger partial charge in [-0.2, -0.15) is 0 Å². The van der Waals surface area contributed by atoms with Crippen LogP contribution in [0.15, 0.2) is 35.1 Å². The summed E-state index contributed by atoms with van der Waals surface area (Å²) in [5, 5.41) is 0. The molecule has 0 radical (unpaired) electrons. The van der Waals surface area contributed by atoms with Crippen molar-refractivity contribution in [2.75, 3.05) is 32.9 Å². The number of benzene rings is 1. The first-order valence-electron chi connectivity index (χ1n) is 8.81. The van der Waals surface area contributed by atoms with E-state index in [0.29, 0.717) is 32.1 Å². The van der Waals surface area contributed by atoms with Crippen LogP contribution in [-0.4, -0.2) is 48.7 Å². The summed E-state index contributed by atoms with van der Waals surface area (Å²) < 4.78 is 16.4. The Morgan fingerprint density at radius 1 is 1.20 bits per heavy atom. The number of oxazole rings is 1. The topological polar surface area (TPSA) is 64.8 Å². The minimum Gasteiger partial charge on any atom is -0.484 e. The first-order valence-corrected chi connectivity index (χ1v) is 8.81. The number of nitrogens with zero attached hydrogens (tertiary/aromatic N) is 2. The van der Waals surface area contributed by atoms with Gasteiger partial charge in [-0.25, -0.2) is 4.98 Å². The quantitative estimate of drug-likeness (QED) is 0.807. The van der Waals surface area contributed by atoms with Crippen molar-refractivity contribution >= 4 is 5.91 Å². The lowest BCUT2D eigenvalue weighted by Crippen LogP contribution is -2.42. The highest BCUT2D eigenvalue weighted by atomic mass is 16.5. The van der Waals surface area contributed by atoms with Crippen LogP contribution in [0.25, 0.3) is 11.3 Å². The van der Waals surface area contributed by atoms with Gasteiger partial charge in [0.2, 0.25) is 0 Å². The first-order chi connectivity index (χ1) is 12.3. The van der Waals surface area contributed by atoms with Crippen LogP contribution in [0.3, 0.4) is 0 Å². The molecule has 4 rings (SSSR count). The molecular formula is C19H22N2O4. The lowest BCUT2D eigenvalue weighted by Gasteiger charge is -2.26. The fourth-order valence-electron chi connectivity index (χ4n) is 3.00. The third kappa shape index (κ3) is 4.02. The van der Waals surface area contributed by atoms with Gasteiger partial charge in [0.25, 0.3) is 5.91 Å². The summed E-state index contributed by atoms with van der Waals surface area (Å²) in [6.07, 6.45) is 5.07. The predicted octanol–water partition coefficient (Wildman–Crippen LogP) is 2.53. The largest absolute Gasteiger partial charge is 0.484 e. The SMILES string of the molecule is O=C(COc1ccc(-c2ocnc2CC2CC2)cc1)N1CCOCC1. The Hall–Kier alpha value is -2.34. The summed E-state index contributed by atoms with van der Waals surface area (Å²) >= 11 is 0. The van der Waals surface area contributed by atoms with Gasteiger partial charge in [0.1, 0.15) is 5.75 Å². The summed E-state index contributed by atoms with van der Waals surface area (Å²) in [5.74, 6) is 2.27. The molecule has 132 valence electrons. The molecule has 0 bridgehead atoms. The van der Waals surface area contributed by atoms with Gasteiger partial charge in [0, 0.05) is 18.7 Å². The van der Waals surface area contributed by atoms with Crippen molar-refractivity contribution in [2.45, 2.75) is 19.3 Å². The molecule has 1 aromatic carbocycles. The highest BCUT2D eigenvalue weighted by molar-refractivity contribution is 5.77. The van der Waals surface area contributed by atoms with E-state index >= 15 is 0 Å². The second kappa shape index (κ2) is 7.27. The van der Waals surface area contributed by atoms with E-state index in [0.717, 1.165) is 29.4 Å². The Morgan fingerprint density at radius 2 is 1.96 bits per heavy atom. The minimum atomic E-state index is -0.00525. The van der Waals surface area contributed by atoms with Crippen LogP contribution in [0.1, 0.15) is 18.5 Å². The van der Waals surface area contributed by atoms with Gasteiger partial charge >= 0.3 is 0 Å². The van der Waals surface area contributed by atoms with Crippen molar-refractivity contribution in [3.8, 4) is 17.1 Å². The number of carbonyl (C=O) groups is 1. The number of amides is 1. The van der Waals surface area contributed by atoms with E-state index < -0.39 is 0 Å². The van der Waals surface area contributed by atoms with E-state index in [1.807, 2.05) is 24.3 Å². The summed E-state index contributed by atoms with van der Waals surface area (Å²) in [5.41, 5.74) is 2.01. The highest BCUT2D eigenvalue weighted by Crippen LogP contribution is 2.35. The average molecular weight is 342 g/mol. The van der Waals surface area contributed by atoms with Crippen LogP contribution in [0, 0.1) is 5.92 Å². The van der Waals surface area contributed by atoms with Crippen molar-refractivity contribution in [1.82, 2.24) is 9.88 Å². The van der Waals surface area contributed by atoms with E-state index in [4.69, 9.17) is 13.9 Å². The molecule has 0 unspecified atom stereocenters. The number of morpholine rings is 1. The van der Waals surface area contributed by atoms with Crippen molar-refractivity contribution < 1.29 is 18.7 Å². The molecule has 1 amide bonds. The number of aromatic nitrogens is 1. The molecule has 0 atom stereocenters. The fourth-order valence-corrected chi connectivity index (χ4v) is 3.00. The first kappa shape index (κ1) is 16.1. The monoisotopic (exact) mass is 342 g/mol. The molecule has 0 spiro atoms. The van der Waals surface area contributed by atoms with Crippen molar-refractivity contribution in [3.63, 3.8) is 0 Å². The van der Waals surface area contributed by atoms with E-state index in [1.54, 1.807) is 4.90 Å². The maximum Gasteiger partial charge on any atom is 0.260 e. The standard InChI is InChI=1S/C19H22N2O4/c22-18(21-7-9-23-10-8-21)12-24-16-5-3-15(4-6-16)19-17(20-13-25-19)11-14-1-2-14/h3-6,13-14H,1-2,7-12H2. The molecule has 1 aliphatic heterocycles. The van der Waals surface area contributed by atoms with Crippen molar-refractivity contribution in [1.29, 1.82) is 0 Å². The molecule has 1 saturated heterocycles. The van der Waals surface area contributed by atoms with Gasteiger partial charge in [-0.1, -0.05) is 0 Å². The number of carbonyl (C=O) groups excluding carboxylic acids is 1. The van der Waals surface area contributed by atoms with E-state index in [9.17, 15) is 4.79 Å². The van der Waals surface area contributed by atoms with Gasteiger partial charge in [-0.3, -0.25) is 4.79 Å². The van der Waals surface area contributed by atoms with Crippen LogP contribution >= 0.6 is 0 Å². The van der Waals surface area contributed by atoms with Gasteiger partial charge < -0.3 is 18.8 Å². The summed E-state index contributed by atoms with van der Waals surface area (Å²) in [6.45, 7) is 2.52. The average Bonchev–Trinajstić information content (AvgIpc) is 3.36. The molecule has 25 heavy (non-hydrogen) atoms.